The molecule has 0 atom stereocenters. The van der Waals surface area contributed by atoms with Crippen LogP contribution in [0.4, 0.5) is 10.3 Å². The maximum atomic E-state index is 13.8. The second-order valence-electron chi connectivity index (χ2n) is 5.32. The van der Waals surface area contributed by atoms with E-state index < -0.39 is 5.95 Å². The summed E-state index contributed by atoms with van der Waals surface area (Å²) in [5.74, 6) is -0.132. The van der Waals surface area contributed by atoms with Crippen LogP contribution in [0.15, 0.2) is 23.6 Å². The first-order chi connectivity index (χ1) is 11.5. The number of hydrazone groups is 1. The summed E-state index contributed by atoms with van der Waals surface area (Å²) < 4.78 is 16.8. The molecule has 0 aliphatic carbocycles. The molecule has 0 aromatic carbocycles. The number of nitrogens with zero attached hydrogens (tertiary/aromatic N) is 7. The molecule has 0 saturated heterocycles. The average molecular weight is 328 g/mol. The highest BCUT2D eigenvalue weighted by atomic mass is 19.1. The third-order valence-electron chi connectivity index (χ3n) is 3.72. The van der Waals surface area contributed by atoms with Gasteiger partial charge in [-0.15, -0.1) is 0 Å². The lowest BCUT2D eigenvalue weighted by atomic mass is 10.2. The van der Waals surface area contributed by atoms with Crippen LogP contribution in [0, 0.1) is 19.8 Å². The van der Waals surface area contributed by atoms with E-state index in [1.165, 1.54) is 17.9 Å². The topological polar surface area (TPSA) is 85.8 Å². The number of halogens is 1. The van der Waals surface area contributed by atoms with Gasteiger partial charge in [-0.3, -0.25) is 4.68 Å². The molecule has 0 amide bonds. The molecule has 9 heteroatoms. The van der Waals surface area contributed by atoms with Gasteiger partial charge in [-0.05, 0) is 19.9 Å². The van der Waals surface area contributed by atoms with Crippen molar-refractivity contribution in [2.24, 2.45) is 19.2 Å². The van der Waals surface area contributed by atoms with Crippen molar-refractivity contribution in [2.75, 3.05) is 5.43 Å². The van der Waals surface area contributed by atoms with Crippen LogP contribution in [0.1, 0.15) is 17.0 Å². The second-order valence-corrected chi connectivity index (χ2v) is 5.32. The minimum Gasteiger partial charge on any atom is -0.272 e. The Hall–Kier alpha value is -3.10. The summed E-state index contributed by atoms with van der Waals surface area (Å²) in [4.78, 5) is 8.50. The lowest BCUT2D eigenvalue weighted by Gasteiger charge is -2.02. The van der Waals surface area contributed by atoms with Crippen molar-refractivity contribution in [3.8, 4) is 11.3 Å². The van der Waals surface area contributed by atoms with Gasteiger partial charge in [-0.1, -0.05) is 0 Å². The van der Waals surface area contributed by atoms with Gasteiger partial charge in [0.1, 0.15) is 0 Å². The molecule has 0 aliphatic heterocycles. The van der Waals surface area contributed by atoms with Crippen LogP contribution >= 0.6 is 0 Å². The van der Waals surface area contributed by atoms with Gasteiger partial charge in [0.25, 0.3) is 0 Å². The Bertz CT molecular complexity index is 908. The number of aromatic nitrogens is 6. The van der Waals surface area contributed by atoms with Crippen molar-refractivity contribution in [1.82, 2.24) is 29.5 Å². The fraction of sp³-hybridized carbons (Fsp3) is 0.267. The van der Waals surface area contributed by atoms with Crippen LogP contribution < -0.4 is 5.43 Å². The van der Waals surface area contributed by atoms with Crippen molar-refractivity contribution in [3.05, 3.63) is 41.4 Å². The third-order valence-corrected chi connectivity index (χ3v) is 3.72. The maximum Gasteiger partial charge on any atom is 0.244 e. The van der Waals surface area contributed by atoms with Crippen molar-refractivity contribution in [1.29, 1.82) is 0 Å². The van der Waals surface area contributed by atoms with Gasteiger partial charge in [-0.2, -0.15) is 19.7 Å². The average Bonchev–Trinajstić information content (AvgIpc) is 3.01. The zero-order valence-electron chi connectivity index (χ0n) is 13.8. The Morgan fingerprint density at radius 1 is 1.25 bits per heavy atom. The van der Waals surface area contributed by atoms with Crippen molar-refractivity contribution < 1.29 is 4.39 Å². The standard InChI is InChI=1S/C15H17FN8/c1-9-11(14(16)24(4)22-9)7-18-21-15-17-6-5-13(20-15)12-8-19-23(3)10(12)2/h5-8H,1-4H3,(H,17,20,21)/b18-7-. The first-order valence-corrected chi connectivity index (χ1v) is 7.27. The molecule has 8 nitrogen and oxygen atoms in total. The van der Waals surface area contributed by atoms with Crippen LogP contribution in [0.25, 0.3) is 11.3 Å². The van der Waals surface area contributed by atoms with Gasteiger partial charge in [-0.25, -0.2) is 20.1 Å². The Balaban J connectivity index is 1.80. The van der Waals surface area contributed by atoms with E-state index in [1.807, 2.05) is 14.0 Å². The normalized spacial score (nSPS) is 11.4. The summed E-state index contributed by atoms with van der Waals surface area (Å²) in [7, 11) is 3.41. The lowest BCUT2D eigenvalue weighted by molar-refractivity contribution is 0.502. The zero-order valence-corrected chi connectivity index (χ0v) is 13.8. The fourth-order valence-electron chi connectivity index (χ4n) is 2.26. The van der Waals surface area contributed by atoms with Crippen molar-refractivity contribution in [2.45, 2.75) is 13.8 Å². The predicted molar refractivity (Wildman–Crippen MR) is 88.1 cm³/mol. The van der Waals surface area contributed by atoms with E-state index in [9.17, 15) is 4.39 Å². The van der Waals surface area contributed by atoms with Gasteiger partial charge in [0, 0.05) is 31.5 Å². The Morgan fingerprint density at radius 3 is 2.67 bits per heavy atom. The summed E-state index contributed by atoms with van der Waals surface area (Å²) in [5, 5.41) is 12.2. The van der Waals surface area contributed by atoms with E-state index in [0.29, 0.717) is 17.2 Å². The molecule has 1 N–H and O–H groups in total. The highest BCUT2D eigenvalue weighted by Gasteiger charge is 2.11. The molecule has 0 fully saturated rings. The van der Waals surface area contributed by atoms with E-state index >= 15 is 0 Å². The van der Waals surface area contributed by atoms with Crippen molar-refractivity contribution in [3.63, 3.8) is 0 Å². The van der Waals surface area contributed by atoms with Crippen LogP contribution in [0.3, 0.4) is 0 Å². The fourth-order valence-corrected chi connectivity index (χ4v) is 2.26. The maximum absolute atomic E-state index is 13.8. The highest BCUT2D eigenvalue weighted by Crippen LogP contribution is 2.20. The van der Waals surface area contributed by atoms with Gasteiger partial charge in [0.15, 0.2) is 0 Å². The Kier molecular flexibility index (Phi) is 4.07. The molecule has 3 heterocycles. The minimum atomic E-state index is -0.446. The Morgan fingerprint density at radius 2 is 2.04 bits per heavy atom. The molecule has 0 aliphatic rings. The van der Waals surface area contributed by atoms with Gasteiger partial charge < -0.3 is 0 Å². The molecular formula is C15H17FN8. The summed E-state index contributed by atoms with van der Waals surface area (Å²) in [6.07, 6.45) is 4.74. The van der Waals surface area contributed by atoms with E-state index in [-0.39, 0.29) is 0 Å². The first kappa shape index (κ1) is 15.8. The molecule has 124 valence electrons. The highest BCUT2D eigenvalue weighted by molar-refractivity contribution is 5.81. The van der Waals surface area contributed by atoms with Crippen LogP contribution in [-0.4, -0.2) is 35.7 Å². The number of nitrogens with one attached hydrogen (secondary N) is 1. The lowest BCUT2D eigenvalue weighted by Crippen LogP contribution is -1.99. The van der Waals surface area contributed by atoms with E-state index in [4.69, 9.17) is 0 Å². The van der Waals surface area contributed by atoms with Gasteiger partial charge in [0.2, 0.25) is 11.9 Å². The SMILES string of the molecule is Cc1nn(C)c(F)c1/C=N\Nc1nccc(-c2cnn(C)c2C)n1. The molecule has 0 saturated carbocycles. The van der Waals surface area contributed by atoms with Crippen molar-refractivity contribution >= 4 is 12.2 Å². The van der Waals surface area contributed by atoms with E-state index in [0.717, 1.165) is 17.0 Å². The quantitative estimate of drug-likeness (QED) is 0.583. The molecule has 0 bridgehead atoms. The molecule has 0 spiro atoms. The largest absolute Gasteiger partial charge is 0.272 e. The number of anilines is 1. The monoisotopic (exact) mass is 328 g/mol. The molecule has 3 aromatic rings. The summed E-state index contributed by atoms with van der Waals surface area (Å²) >= 11 is 0. The summed E-state index contributed by atoms with van der Waals surface area (Å²) in [6.45, 7) is 3.68. The smallest absolute Gasteiger partial charge is 0.244 e. The molecule has 0 unspecified atom stereocenters. The van der Waals surface area contributed by atoms with Crippen LogP contribution in [-0.2, 0) is 14.1 Å². The first-order valence-electron chi connectivity index (χ1n) is 7.27. The summed E-state index contributed by atoms with van der Waals surface area (Å²) in [5.41, 5.74) is 6.24. The number of hydrogen-bond acceptors (Lipinski definition) is 6. The van der Waals surface area contributed by atoms with E-state index in [1.54, 1.807) is 30.1 Å². The summed E-state index contributed by atoms with van der Waals surface area (Å²) in [6, 6.07) is 1.80. The van der Waals surface area contributed by atoms with Crippen LogP contribution in [0.5, 0.6) is 0 Å². The second kappa shape index (κ2) is 6.19. The Labute approximate surface area is 138 Å². The third kappa shape index (κ3) is 2.87. The molecule has 3 aromatic heterocycles. The minimum absolute atomic E-state index is 0.314. The number of rotatable bonds is 4. The number of hydrogen-bond donors (Lipinski definition) is 1. The molecule has 3 rings (SSSR count). The molecule has 0 radical (unpaired) electrons. The van der Waals surface area contributed by atoms with Crippen LogP contribution in [0.2, 0.25) is 0 Å². The number of aryl methyl sites for hydroxylation is 3. The van der Waals surface area contributed by atoms with E-state index in [2.05, 4.69) is 30.7 Å². The predicted octanol–water partition coefficient (Wildman–Crippen LogP) is 1.81. The zero-order chi connectivity index (χ0) is 17.3. The molecule has 24 heavy (non-hydrogen) atoms. The molecular weight excluding hydrogens is 311 g/mol. The van der Waals surface area contributed by atoms with Gasteiger partial charge in [0.05, 0.1) is 29.4 Å². The van der Waals surface area contributed by atoms with Gasteiger partial charge >= 0.3 is 0 Å².